The summed E-state index contributed by atoms with van der Waals surface area (Å²) in [7, 11) is 0. The van der Waals surface area contributed by atoms with Crippen LogP contribution in [0.2, 0.25) is 0 Å². The molecule has 2 aromatic carbocycles. The van der Waals surface area contributed by atoms with Crippen LogP contribution in [0.15, 0.2) is 67.0 Å². The van der Waals surface area contributed by atoms with E-state index in [0.717, 1.165) is 11.3 Å². The Hall–Kier alpha value is -3.61. The highest BCUT2D eigenvalue weighted by atomic mass is 16.5. The highest BCUT2D eigenvalue weighted by Gasteiger charge is 2.06. The van der Waals surface area contributed by atoms with Crippen molar-refractivity contribution in [1.82, 2.24) is 15.1 Å². The van der Waals surface area contributed by atoms with Crippen LogP contribution in [0.5, 0.6) is 5.75 Å². The van der Waals surface area contributed by atoms with Crippen LogP contribution in [-0.2, 0) is 11.2 Å². The first kappa shape index (κ1) is 18.2. The van der Waals surface area contributed by atoms with Crippen LogP contribution in [0.1, 0.15) is 15.9 Å². The van der Waals surface area contributed by atoms with Crippen molar-refractivity contribution in [3.05, 3.63) is 78.1 Å². The van der Waals surface area contributed by atoms with Crippen LogP contribution < -0.4 is 15.8 Å². The van der Waals surface area contributed by atoms with Crippen molar-refractivity contribution in [2.45, 2.75) is 6.42 Å². The highest BCUT2D eigenvalue weighted by Crippen LogP contribution is 2.12. The monoisotopic (exact) mass is 364 g/mol. The Morgan fingerprint density at radius 2 is 1.93 bits per heavy atom. The molecule has 3 N–H and O–H groups in total. The predicted molar refractivity (Wildman–Crippen MR) is 101 cm³/mol. The number of carbonyl (C=O) groups excluding carboxylic acids is 2. The molecule has 1 aromatic heterocycles. The fourth-order valence-corrected chi connectivity index (χ4v) is 2.50. The van der Waals surface area contributed by atoms with E-state index in [1.807, 2.05) is 36.5 Å². The minimum Gasteiger partial charge on any atom is -0.484 e. The lowest BCUT2D eigenvalue weighted by Crippen LogP contribution is -2.30. The quantitative estimate of drug-likeness (QED) is 0.635. The second kappa shape index (κ2) is 8.66. The SMILES string of the molecule is NC(=O)c1cccc(OCC(=O)NCCc2cnn(-c3ccccc3)c2)c1. The van der Waals surface area contributed by atoms with Gasteiger partial charge in [0.15, 0.2) is 6.61 Å². The van der Waals surface area contributed by atoms with Gasteiger partial charge in [-0.15, -0.1) is 0 Å². The summed E-state index contributed by atoms with van der Waals surface area (Å²) in [4.78, 5) is 23.0. The molecule has 1 heterocycles. The molecule has 27 heavy (non-hydrogen) atoms. The average molecular weight is 364 g/mol. The zero-order valence-electron chi connectivity index (χ0n) is 14.7. The summed E-state index contributed by atoms with van der Waals surface area (Å²) in [5, 5.41) is 7.12. The summed E-state index contributed by atoms with van der Waals surface area (Å²) in [6.45, 7) is 0.343. The molecular weight excluding hydrogens is 344 g/mol. The van der Waals surface area contributed by atoms with Gasteiger partial charge in [-0.25, -0.2) is 4.68 Å². The summed E-state index contributed by atoms with van der Waals surface area (Å²) in [5.41, 5.74) is 7.56. The maximum absolute atomic E-state index is 11.9. The van der Waals surface area contributed by atoms with Gasteiger partial charge in [-0.1, -0.05) is 24.3 Å². The number of nitrogens with zero attached hydrogens (tertiary/aromatic N) is 2. The van der Waals surface area contributed by atoms with Gasteiger partial charge in [-0.05, 0) is 42.3 Å². The van der Waals surface area contributed by atoms with Gasteiger partial charge in [-0.3, -0.25) is 9.59 Å². The van der Waals surface area contributed by atoms with Crippen molar-refractivity contribution in [2.24, 2.45) is 5.73 Å². The third-order valence-electron chi connectivity index (χ3n) is 3.88. The Bertz CT molecular complexity index is 922. The van der Waals surface area contributed by atoms with Crippen LogP contribution in [0.3, 0.4) is 0 Å². The Kier molecular flexibility index (Phi) is 5.84. The second-order valence-electron chi connectivity index (χ2n) is 5.91. The number of carbonyl (C=O) groups is 2. The molecule has 0 fully saturated rings. The number of primary amides is 1. The van der Waals surface area contributed by atoms with Gasteiger partial charge < -0.3 is 15.8 Å². The molecule has 0 aliphatic carbocycles. The van der Waals surface area contributed by atoms with Crippen LogP contribution in [0.4, 0.5) is 0 Å². The van der Waals surface area contributed by atoms with Crippen molar-refractivity contribution in [3.63, 3.8) is 0 Å². The number of ether oxygens (including phenoxy) is 1. The molecular formula is C20H20N4O3. The third-order valence-corrected chi connectivity index (χ3v) is 3.88. The van der Waals surface area contributed by atoms with E-state index in [4.69, 9.17) is 10.5 Å². The molecule has 0 unspecified atom stereocenters. The Balaban J connectivity index is 1.43. The molecule has 0 bridgehead atoms. The Labute approximate surface area is 156 Å². The van der Waals surface area contributed by atoms with Gasteiger partial charge in [0.25, 0.3) is 5.91 Å². The smallest absolute Gasteiger partial charge is 0.257 e. The molecule has 0 saturated carbocycles. The summed E-state index contributed by atoms with van der Waals surface area (Å²) >= 11 is 0. The van der Waals surface area contributed by atoms with E-state index in [-0.39, 0.29) is 12.5 Å². The van der Waals surface area contributed by atoms with Gasteiger partial charge in [0.05, 0.1) is 11.9 Å². The zero-order valence-corrected chi connectivity index (χ0v) is 14.7. The Morgan fingerprint density at radius 3 is 2.70 bits per heavy atom. The summed E-state index contributed by atoms with van der Waals surface area (Å²) in [6.07, 6.45) is 4.38. The van der Waals surface area contributed by atoms with Crippen molar-refractivity contribution in [3.8, 4) is 11.4 Å². The highest BCUT2D eigenvalue weighted by molar-refractivity contribution is 5.93. The maximum Gasteiger partial charge on any atom is 0.257 e. The molecule has 0 radical (unpaired) electrons. The van der Waals surface area contributed by atoms with Gasteiger partial charge in [0.1, 0.15) is 5.75 Å². The first-order chi connectivity index (χ1) is 13.1. The molecule has 0 atom stereocenters. The normalized spacial score (nSPS) is 10.4. The average Bonchev–Trinajstić information content (AvgIpc) is 3.16. The third kappa shape index (κ3) is 5.18. The number of nitrogens with two attached hydrogens (primary N) is 1. The summed E-state index contributed by atoms with van der Waals surface area (Å²) in [5.74, 6) is -0.360. The van der Waals surface area contributed by atoms with Gasteiger partial charge in [0, 0.05) is 18.3 Å². The van der Waals surface area contributed by atoms with Crippen LogP contribution in [0.25, 0.3) is 5.69 Å². The standard InChI is InChI=1S/C20H20N4O3/c21-20(26)16-5-4-8-18(11-16)27-14-19(25)22-10-9-15-12-23-24(13-15)17-6-2-1-3-7-17/h1-8,11-13H,9-10,14H2,(H2,21,26)(H,22,25). The van der Waals surface area contributed by atoms with Crippen LogP contribution in [-0.4, -0.2) is 34.7 Å². The van der Waals surface area contributed by atoms with Crippen molar-refractivity contribution < 1.29 is 14.3 Å². The molecule has 0 aliphatic heterocycles. The number of aromatic nitrogens is 2. The number of hydrogen-bond acceptors (Lipinski definition) is 4. The fourth-order valence-electron chi connectivity index (χ4n) is 2.50. The van der Waals surface area contributed by atoms with E-state index >= 15 is 0 Å². The molecule has 3 rings (SSSR count). The first-order valence-electron chi connectivity index (χ1n) is 8.50. The van der Waals surface area contributed by atoms with Gasteiger partial charge >= 0.3 is 0 Å². The number of rotatable bonds is 8. The van der Waals surface area contributed by atoms with E-state index in [0.29, 0.717) is 24.3 Å². The number of amides is 2. The largest absolute Gasteiger partial charge is 0.484 e. The molecule has 7 heteroatoms. The van der Waals surface area contributed by atoms with Gasteiger partial charge in [-0.2, -0.15) is 5.10 Å². The lowest BCUT2D eigenvalue weighted by Gasteiger charge is -2.07. The topological polar surface area (TPSA) is 99.2 Å². The predicted octanol–water partition coefficient (Wildman–Crippen LogP) is 1.71. The molecule has 3 aromatic rings. The van der Waals surface area contributed by atoms with Crippen molar-refractivity contribution in [1.29, 1.82) is 0 Å². The maximum atomic E-state index is 11.9. The van der Waals surface area contributed by atoms with E-state index in [9.17, 15) is 9.59 Å². The second-order valence-corrected chi connectivity index (χ2v) is 5.91. The lowest BCUT2D eigenvalue weighted by atomic mass is 10.2. The minimum atomic E-state index is -0.541. The molecule has 0 aliphatic rings. The molecule has 138 valence electrons. The molecule has 2 amide bonds. The number of nitrogens with one attached hydrogen (secondary N) is 1. The Morgan fingerprint density at radius 1 is 1.11 bits per heavy atom. The zero-order chi connectivity index (χ0) is 19.1. The molecule has 0 spiro atoms. The number of benzene rings is 2. The fraction of sp³-hybridized carbons (Fsp3) is 0.150. The van der Waals surface area contributed by atoms with Gasteiger partial charge in [0.2, 0.25) is 5.91 Å². The van der Waals surface area contributed by atoms with E-state index in [1.54, 1.807) is 29.1 Å². The first-order valence-corrected chi connectivity index (χ1v) is 8.50. The van der Waals surface area contributed by atoms with Crippen LogP contribution in [0, 0.1) is 0 Å². The van der Waals surface area contributed by atoms with Crippen LogP contribution >= 0.6 is 0 Å². The van der Waals surface area contributed by atoms with E-state index < -0.39 is 5.91 Å². The number of para-hydroxylation sites is 1. The van der Waals surface area contributed by atoms with Crippen molar-refractivity contribution in [2.75, 3.05) is 13.2 Å². The lowest BCUT2D eigenvalue weighted by molar-refractivity contribution is -0.123. The molecule has 0 saturated heterocycles. The minimum absolute atomic E-state index is 0.133. The van der Waals surface area contributed by atoms with E-state index in [2.05, 4.69) is 10.4 Å². The van der Waals surface area contributed by atoms with Crippen molar-refractivity contribution >= 4 is 11.8 Å². The summed E-state index contributed by atoms with van der Waals surface area (Å²) < 4.78 is 7.18. The van der Waals surface area contributed by atoms with E-state index in [1.165, 1.54) is 6.07 Å². The summed E-state index contributed by atoms with van der Waals surface area (Å²) in [6, 6.07) is 16.2. The number of hydrogen-bond donors (Lipinski definition) is 2. The molecule has 7 nitrogen and oxygen atoms in total.